The number of piperazine rings is 1. The van der Waals surface area contributed by atoms with Crippen molar-refractivity contribution in [2.24, 2.45) is 10.7 Å². The van der Waals surface area contributed by atoms with Crippen LogP contribution in [-0.2, 0) is 0 Å². The summed E-state index contributed by atoms with van der Waals surface area (Å²) < 4.78 is 0. The zero-order valence-corrected chi connectivity index (χ0v) is 19.0. The highest BCUT2D eigenvalue weighted by molar-refractivity contribution is 14.0. The molecule has 0 spiro atoms. The van der Waals surface area contributed by atoms with E-state index < -0.39 is 0 Å². The lowest BCUT2D eigenvalue weighted by Gasteiger charge is -2.36. The summed E-state index contributed by atoms with van der Waals surface area (Å²) in [5.74, 6) is 0.640. The summed E-state index contributed by atoms with van der Waals surface area (Å²) in [5.41, 5.74) is 8.73. The lowest BCUT2D eigenvalue weighted by atomic mass is 9.96. The molecule has 1 aliphatic heterocycles. The van der Waals surface area contributed by atoms with Crippen LogP contribution in [0, 0.1) is 6.92 Å². The summed E-state index contributed by atoms with van der Waals surface area (Å²) in [6.07, 6.45) is 7.56. The summed E-state index contributed by atoms with van der Waals surface area (Å²) >= 11 is 0. The molecule has 3 N–H and O–H groups in total. The number of aryl methyl sites for hydroxylation is 1. The number of hydrogen-bond donors (Lipinski definition) is 2. The fourth-order valence-corrected chi connectivity index (χ4v) is 4.05. The largest absolute Gasteiger partial charge is 0.370 e. The van der Waals surface area contributed by atoms with Crippen molar-refractivity contribution in [2.45, 2.75) is 51.5 Å². The maximum Gasteiger partial charge on any atom is 0.188 e. The van der Waals surface area contributed by atoms with Gasteiger partial charge in [0, 0.05) is 51.0 Å². The first-order valence-corrected chi connectivity index (χ1v) is 10.3. The molecule has 152 valence electrons. The van der Waals surface area contributed by atoms with Gasteiger partial charge in [0.1, 0.15) is 0 Å². The molecular formula is C21H36IN5. The maximum atomic E-state index is 6.04. The van der Waals surface area contributed by atoms with Crippen molar-refractivity contribution in [3.63, 3.8) is 0 Å². The highest BCUT2D eigenvalue weighted by Gasteiger charge is 2.17. The normalized spacial score (nSPS) is 19.6. The number of benzene rings is 1. The van der Waals surface area contributed by atoms with Crippen LogP contribution in [0.2, 0.25) is 0 Å². The number of halogens is 1. The molecule has 0 bridgehead atoms. The van der Waals surface area contributed by atoms with Crippen LogP contribution in [-0.4, -0.2) is 56.2 Å². The third-order valence-electron chi connectivity index (χ3n) is 5.61. The van der Waals surface area contributed by atoms with Gasteiger partial charge >= 0.3 is 0 Å². The van der Waals surface area contributed by atoms with Gasteiger partial charge in [0.2, 0.25) is 0 Å². The van der Waals surface area contributed by atoms with Gasteiger partial charge < -0.3 is 16.0 Å². The van der Waals surface area contributed by atoms with Crippen LogP contribution in [0.15, 0.2) is 29.3 Å². The summed E-state index contributed by atoms with van der Waals surface area (Å²) in [7, 11) is 0. The fourth-order valence-electron chi connectivity index (χ4n) is 4.05. The van der Waals surface area contributed by atoms with E-state index in [4.69, 9.17) is 5.73 Å². The second kappa shape index (κ2) is 11.7. The van der Waals surface area contributed by atoms with Gasteiger partial charge in [0.25, 0.3) is 0 Å². The van der Waals surface area contributed by atoms with E-state index in [2.05, 4.69) is 51.3 Å². The first-order chi connectivity index (χ1) is 12.7. The van der Waals surface area contributed by atoms with Gasteiger partial charge in [0.05, 0.1) is 0 Å². The topological polar surface area (TPSA) is 56.9 Å². The molecule has 1 aliphatic carbocycles. The van der Waals surface area contributed by atoms with Crippen LogP contribution in [0.5, 0.6) is 0 Å². The number of rotatable bonds is 6. The number of nitrogens with two attached hydrogens (primary N) is 1. The third-order valence-corrected chi connectivity index (χ3v) is 5.61. The molecule has 0 unspecified atom stereocenters. The predicted octanol–water partition coefficient (Wildman–Crippen LogP) is 3.36. The highest BCUT2D eigenvalue weighted by Crippen LogP contribution is 2.18. The summed E-state index contributed by atoms with van der Waals surface area (Å²) in [4.78, 5) is 9.56. The number of aliphatic imine (C=N–C) groups is 1. The van der Waals surface area contributed by atoms with Crippen LogP contribution in [0.1, 0.15) is 44.1 Å². The quantitative estimate of drug-likeness (QED) is 0.281. The van der Waals surface area contributed by atoms with Crippen LogP contribution >= 0.6 is 24.0 Å². The lowest BCUT2D eigenvalue weighted by molar-refractivity contribution is 0.256. The Labute approximate surface area is 181 Å². The van der Waals surface area contributed by atoms with Crippen molar-refractivity contribution in [3.8, 4) is 0 Å². The van der Waals surface area contributed by atoms with E-state index in [-0.39, 0.29) is 24.0 Å². The predicted molar refractivity (Wildman–Crippen MR) is 126 cm³/mol. The van der Waals surface area contributed by atoms with Crippen LogP contribution in [0.25, 0.3) is 0 Å². The maximum absolute atomic E-state index is 6.04. The Kier molecular flexibility index (Phi) is 9.68. The number of nitrogens with zero attached hydrogens (tertiary/aromatic N) is 3. The van der Waals surface area contributed by atoms with Gasteiger partial charge in [-0.1, -0.05) is 31.4 Å². The molecule has 0 radical (unpaired) electrons. The molecule has 0 amide bonds. The van der Waals surface area contributed by atoms with Gasteiger partial charge in [-0.3, -0.25) is 9.89 Å². The SMILES string of the molecule is Cc1cccc(N2CCN(CCCN=C(N)NC3CCCCC3)CC2)c1.I. The average Bonchev–Trinajstić information content (AvgIpc) is 2.66. The van der Waals surface area contributed by atoms with Crippen LogP contribution in [0.4, 0.5) is 5.69 Å². The van der Waals surface area contributed by atoms with Crippen molar-refractivity contribution in [1.29, 1.82) is 0 Å². The van der Waals surface area contributed by atoms with Crippen molar-refractivity contribution >= 4 is 35.6 Å². The van der Waals surface area contributed by atoms with E-state index in [0.717, 1.165) is 45.7 Å². The molecule has 1 saturated carbocycles. The molecule has 2 aliphatic rings. The highest BCUT2D eigenvalue weighted by atomic mass is 127. The molecule has 1 aromatic carbocycles. The fraction of sp³-hybridized carbons (Fsp3) is 0.667. The summed E-state index contributed by atoms with van der Waals surface area (Å²) in [6.45, 7) is 8.58. The molecule has 5 nitrogen and oxygen atoms in total. The Hall–Kier alpha value is -1.02. The molecule has 2 fully saturated rings. The molecular weight excluding hydrogens is 449 g/mol. The van der Waals surface area contributed by atoms with E-state index in [1.165, 1.54) is 43.4 Å². The van der Waals surface area contributed by atoms with Crippen molar-refractivity contribution in [2.75, 3.05) is 44.2 Å². The van der Waals surface area contributed by atoms with Crippen molar-refractivity contribution in [3.05, 3.63) is 29.8 Å². The van der Waals surface area contributed by atoms with Gasteiger partial charge in [0.15, 0.2) is 5.96 Å². The zero-order chi connectivity index (χ0) is 18.2. The van der Waals surface area contributed by atoms with Gasteiger partial charge in [-0.05, 0) is 43.9 Å². The second-order valence-electron chi connectivity index (χ2n) is 7.77. The molecule has 27 heavy (non-hydrogen) atoms. The van der Waals surface area contributed by atoms with Gasteiger partial charge in [-0.15, -0.1) is 24.0 Å². The van der Waals surface area contributed by atoms with E-state index >= 15 is 0 Å². The molecule has 0 atom stereocenters. The molecule has 1 aromatic rings. The standard InChI is InChI=1S/C21H35N5.HI/c1-18-7-5-10-20(17-18)26-15-13-25(14-16-26)12-6-11-23-21(22)24-19-8-3-2-4-9-19;/h5,7,10,17,19H,2-4,6,8-9,11-16H2,1H3,(H3,22,23,24);1H. The van der Waals surface area contributed by atoms with E-state index in [9.17, 15) is 0 Å². The zero-order valence-electron chi connectivity index (χ0n) is 16.7. The first kappa shape index (κ1) is 22.3. The van der Waals surface area contributed by atoms with E-state index in [0.29, 0.717) is 12.0 Å². The second-order valence-corrected chi connectivity index (χ2v) is 7.77. The minimum absolute atomic E-state index is 0. The number of hydrogen-bond acceptors (Lipinski definition) is 3. The number of guanidine groups is 1. The molecule has 1 saturated heterocycles. The minimum atomic E-state index is 0. The third kappa shape index (κ3) is 7.49. The first-order valence-electron chi connectivity index (χ1n) is 10.3. The summed E-state index contributed by atoms with van der Waals surface area (Å²) in [5, 5.41) is 3.39. The van der Waals surface area contributed by atoms with Crippen LogP contribution < -0.4 is 16.0 Å². The van der Waals surface area contributed by atoms with E-state index in [1.807, 2.05) is 0 Å². The van der Waals surface area contributed by atoms with Crippen LogP contribution in [0.3, 0.4) is 0 Å². The van der Waals surface area contributed by atoms with Crippen molar-refractivity contribution < 1.29 is 0 Å². The Morgan fingerprint density at radius 3 is 2.59 bits per heavy atom. The Morgan fingerprint density at radius 2 is 1.89 bits per heavy atom. The molecule has 3 rings (SSSR count). The number of nitrogens with one attached hydrogen (secondary N) is 1. The Bertz CT molecular complexity index is 578. The van der Waals surface area contributed by atoms with Gasteiger partial charge in [-0.25, -0.2) is 0 Å². The average molecular weight is 485 g/mol. The van der Waals surface area contributed by atoms with E-state index in [1.54, 1.807) is 0 Å². The Morgan fingerprint density at radius 1 is 1.15 bits per heavy atom. The van der Waals surface area contributed by atoms with Crippen molar-refractivity contribution in [1.82, 2.24) is 10.2 Å². The molecule has 6 heteroatoms. The molecule has 0 aromatic heterocycles. The lowest BCUT2D eigenvalue weighted by Crippen LogP contribution is -2.46. The summed E-state index contributed by atoms with van der Waals surface area (Å²) in [6, 6.07) is 9.36. The monoisotopic (exact) mass is 485 g/mol. The minimum Gasteiger partial charge on any atom is -0.370 e. The smallest absolute Gasteiger partial charge is 0.188 e. The van der Waals surface area contributed by atoms with Gasteiger partial charge in [-0.2, -0.15) is 0 Å². The number of anilines is 1. The Balaban J connectivity index is 0.00000261. The molecule has 1 heterocycles.